The molecule has 138 valence electrons. The van der Waals surface area contributed by atoms with Crippen molar-refractivity contribution in [3.63, 3.8) is 0 Å². The van der Waals surface area contributed by atoms with Crippen LogP contribution in [0.3, 0.4) is 0 Å². The van der Waals surface area contributed by atoms with Crippen molar-refractivity contribution in [1.82, 2.24) is 19.7 Å². The molecule has 3 fully saturated rings. The number of aromatic nitrogens is 3. The third-order valence-electron chi connectivity index (χ3n) is 7.18. The molecule has 1 amide bonds. The number of hydrogen-bond donors (Lipinski definition) is 0. The highest BCUT2D eigenvalue weighted by atomic mass is 16.2. The minimum absolute atomic E-state index is 0.130. The van der Waals surface area contributed by atoms with Crippen LogP contribution >= 0.6 is 0 Å². The molecule has 1 spiro atoms. The molecule has 2 saturated carbocycles. The smallest absolute Gasteiger partial charge is 0.228 e. The maximum absolute atomic E-state index is 13.4. The SMILES string of the molecule is CCCn1cnnc1C1CN(C(=O)C2(C)CCCCC2)CC12CCC2. The fourth-order valence-electron chi connectivity index (χ4n) is 5.49. The predicted octanol–water partition coefficient (Wildman–Crippen LogP) is 3.75. The summed E-state index contributed by atoms with van der Waals surface area (Å²) in [5.41, 5.74) is 0.133. The lowest BCUT2D eigenvalue weighted by Crippen LogP contribution is -2.44. The van der Waals surface area contributed by atoms with Crippen molar-refractivity contribution in [1.29, 1.82) is 0 Å². The second-order valence-corrected chi connectivity index (χ2v) is 8.96. The molecule has 2 aliphatic carbocycles. The summed E-state index contributed by atoms with van der Waals surface area (Å²) >= 11 is 0. The third kappa shape index (κ3) is 2.80. The van der Waals surface area contributed by atoms with Crippen molar-refractivity contribution in [2.45, 2.75) is 84.1 Å². The molecule has 2 heterocycles. The minimum Gasteiger partial charge on any atom is -0.341 e. The normalized spacial score (nSPS) is 27.4. The van der Waals surface area contributed by atoms with E-state index in [2.05, 4.69) is 33.5 Å². The van der Waals surface area contributed by atoms with E-state index in [1.54, 1.807) is 0 Å². The summed E-state index contributed by atoms with van der Waals surface area (Å²) < 4.78 is 2.22. The van der Waals surface area contributed by atoms with E-state index in [0.29, 0.717) is 11.8 Å². The monoisotopic (exact) mass is 344 g/mol. The summed E-state index contributed by atoms with van der Waals surface area (Å²) in [5, 5.41) is 8.68. The van der Waals surface area contributed by atoms with Gasteiger partial charge >= 0.3 is 0 Å². The molecule has 5 heteroatoms. The second-order valence-electron chi connectivity index (χ2n) is 8.96. The maximum Gasteiger partial charge on any atom is 0.228 e. The number of rotatable bonds is 4. The van der Waals surface area contributed by atoms with Gasteiger partial charge in [0.2, 0.25) is 5.91 Å². The van der Waals surface area contributed by atoms with Crippen LogP contribution in [0.1, 0.15) is 83.4 Å². The third-order valence-corrected chi connectivity index (χ3v) is 7.18. The van der Waals surface area contributed by atoms with E-state index in [1.807, 2.05) is 6.33 Å². The number of hydrogen-bond acceptors (Lipinski definition) is 3. The first-order chi connectivity index (χ1) is 12.1. The standard InChI is InChI=1S/C20H32N4O/c1-3-12-23-15-21-22-17(23)16-13-24(14-20(16)10-7-11-20)18(25)19(2)8-5-4-6-9-19/h15-16H,3-14H2,1-2H3. The van der Waals surface area contributed by atoms with E-state index < -0.39 is 0 Å². The zero-order valence-electron chi connectivity index (χ0n) is 15.8. The van der Waals surface area contributed by atoms with Gasteiger partial charge in [-0.3, -0.25) is 4.79 Å². The topological polar surface area (TPSA) is 51.0 Å². The molecule has 1 unspecified atom stereocenters. The quantitative estimate of drug-likeness (QED) is 0.836. The predicted molar refractivity (Wildman–Crippen MR) is 97.1 cm³/mol. The van der Waals surface area contributed by atoms with Crippen LogP contribution in [0.5, 0.6) is 0 Å². The Morgan fingerprint density at radius 1 is 1.20 bits per heavy atom. The Labute approximate surface area is 151 Å². The summed E-state index contributed by atoms with van der Waals surface area (Å²) in [5.74, 6) is 1.89. The summed E-state index contributed by atoms with van der Waals surface area (Å²) in [4.78, 5) is 15.6. The summed E-state index contributed by atoms with van der Waals surface area (Å²) in [6, 6.07) is 0. The molecule has 25 heavy (non-hydrogen) atoms. The van der Waals surface area contributed by atoms with E-state index in [4.69, 9.17) is 0 Å². The van der Waals surface area contributed by atoms with Gasteiger partial charge in [0.1, 0.15) is 12.2 Å². The van der Waals surface area contributed by atoms with Gasteiger partial charge < -0.3 is 9.47 Å². The average molecular weight is 345 g/mol. The van der Waals surface area contributed by atoms with Crippen molar-refractivity contribution >= 4 is 5.91 Å². The van der Waals surface area contributed by atoms with Gasteiger partial charge in [-0.15, -0.1) is 10.2 Å². The summed E-state index contributed by atoms with van der Waals surface area (Å²) in [7, 11) is 0. The Morgan fingerprint density at radius 2 is 1.96 bits per heavy atom. The molecule has 1 aliphatic heterocycles. The molecule has 1 aromatic rings. The molecule has 0 bridgehead atoms. The number of nitrogens with zero attached hydrogens (tertiary/aromatic N) is 4. The second kappa shape index (κ2) is 6.40. The molecule has 0 aromatic carbocycles. The Kier molecular flexibility index (Phi) is 4.37. The van der Waals surface area contributed by atoms with Gasteiger partial charge in [0.05, 0.1) is 0 Å². The molecular formula is C20H32N4O. The zero-order chi connectivity index (χ0) is 17.5. The van der Waals surface area contributed by atoms with Gasteiger partial charge in [-0.25, -0.2) is 0 Å². The van der Waals surface area contributed by atoms with Gasteiger partial charge in [0.25, 0.3) is 0 Å². The zero-order valence-corrected chi connectivity index (χ0v) is 15.8. The number of aryl methyl sites for hydroxylation is 1. The van der Waals surface area contributed by atoms with Gasteiger partial charge in [0, 0.05) is 31.0 Å². The summed E-state index contributed by atoms with van der Waals surface area (Å²) in [6.07, 6.45) is 12.5. The molecule has 5 nitrogen and oxygen atoms in total. The van der Waals surface area contributed by atoms with E-state index in [1.165, 1.54) is 38.5 Å². The van der Waals surface area contributed by atoms with Crippen LogP contribution in [0.15, 0.2) is 6.33 Å². The van der Waals surface area contributed by atoms with Crippen molar-refractivity contribution in [3.8, 4) is 0 Å². The average Bonchev–Trinajstić information content (AvgIpc) is 3.19. The fraction of sp³-hybridized carbons (Fsp3) is 0.850. The lowest BCUT2D eigenvalue weighted by atomic mass is 9.62. The van der Waals surface area contributed by atoms with Crippen LogP contribution < -0.4 is 0 Å². The highest BCUT2D eigenvalue weighted by Gasteiger charge is 2.55. The van der Waals surface area contributed by atoms with E-state index in [9.17, 15) is 4.79 Å². The first kappa shape index (κ1) is 17.0. The van der Waals surface area contributed by atoms with Crippen LogP contribution in [0.25, 0.3) is 0 Å². The van der Waals surface area contributed by atoms with E-state index in [-0.39, 0.29) is 10.8 Å². The Hall–Kier alpha value is -1.39. The van der Waals surface area contributed by atoms with Crippen LogP contribution in [0.4, 0.5) is 0 Å². The largest absolute Gasteiger partial charge is 0.341 e. The van der Waals surface area contributed by atoms with Gasteiger partial charge in [-0.1, -0.05) is 39.5 Å². The van der Waals surface area contributed by atoms with Crippen molar-refractivity contribution in [3.05, 3.63) is 12.2 Å². The highest BCUT2D eigenvalue weighted by molar-refractivity contribution is 5.83. The molecule has 3 aliphatic rings. The molecule has 0 radical (unpaired) electrons. The number of likely N-dealkylation sites (tertiary alicyclic amines) is 1. The fourth-order valence-corrected chi connectivity index (χ4v) is 5.49. The lowest BCUT2D eigenvalue weighted by Gasteiger charge is -2.42. The molecular weight excluding hydrogens is 312 g/mol. The van der Waals surface area contributed by atoms with Crippen LogP contribution in [-0.2, 0) is 11.3 Å². The Morgan fingerprint density at radius 3 is 2.60 bits per heavy atom. The lowest BCUT2D eigenvalue weighted by molar-refractivity contribution is -0.142. The highest BCUT2D eigenvalue weighted by Crippen LogP contribution is 2.56. The molecule has 1 atom stereocenters. The number of carbonyl (C=O) groups is 1. The van der Waals surface area contributed by atoms with Crippen LogP contribution in [0.2, 0.25) is 0 Å². The van der Waals surface area contributed by atoms with Crippen LogP contribution in [0, 0.1) is 10.8 Å². The molecule has 1 aromatic heterocycles. The first-order valence-electron chi connectivity index (χ1n) is 10.3. The van der Waals surface area contributed by atoms with E-state index >= 15 is 0 Å². The molecule has 4 rings (SSSR count). The molecule has 0 N–H and O–H groups in total. The number of carbonyl (C=O) groups excluding carboxylic acids is 1. The van der Waals surface area contributed by atoms with Gasteiger partial charge in [-0.05, 0) is 37.5 Å². The Balaban J connectivity index is 1.57. The Bertz CT molecular complexity index is 627. The van der Waals surface area contributed by atoms with E-state index in [0.717, 1.165) is 44.7 Å². The maximum atomic E-state index is 13.4. The van der Waals surface area contributed by atoms with Gasteiger partial charge in [-0.2, -0.15) is 0 Å². The van der Waals surface area contributed by atoms with Crippen molar-refractivity contribution in [2.75, 3.05) is 13.1 Å². The first-order valence-corrected chi connectivity index (χ1v) is 10.3. The molecule has 1 saturated heterocycles. The van der Waals surface area contributed by atoms with Gasteiger partial charge in [0.15, 0.2) is 0 Å². The summed E-state index contributed by atoms with van der Waals surface area (Å²) in [6.45, 7) is 7.15. The van der Waals surface area contributed by atoms with Crippen molar-refractivity contribution < 1.29 is 4.79 Å². The van der Waals surface area contributed by atoms with Crippen LogP contribution in [-0.4, -0.2) is 38.7 Å². The number of amides is 1. The van der Waals surface area contributed by atoms with Crippen molar-refractivity contribution in [2.24, 2.45) is 10.8 Å². The minimum atomic E-state index is -0.130.